The Hall–Kier alpha value is -1.53. The molecular weight excluding hydrogens is 413 g/mol. The maximum Gasteiger partial charge on any atom is 0.252 e. The van der Waals surface area contributed by atoms with E-state index in [1.807, 2.05) is 44.2 Å². The molecule has 0 bridgehead atoms. The summed E-state index contributed by atoms with van der Waals surface area (Å²) in [5, 5.41) is 8.71. The number of carbonyl (C=O) groups is 1. The molecule has 0 saturated heterocycles. The summed E-state index contributed by atoms with van der Waals surface area (Å²) in [6.45, 7) is 3.86. The van der Waals surface area contributed by atoms with E-state index in [2.05, 4.69) is 16.0 Å². The number of benzene rings is 2. The lowest BCUT2D eigenvalue weighted by atomic mass is 10.1. The molecule has 0 fully saturated rings. The number of nitrogens with one attached hydrogen (secondary N) is 3. The molecule has 0 unspecified atom stereocenters. The van der Waals surface area contributed by atoms with Crippen molar-refractivity contribution in [1.29, 1.82) is 0 Å². The van der Waals surface area contributed by atoms with Crippen LogP contribution in [0.2, 0.25) is 0 Å². The minimum Gasteiger partial charge on any atom is -0.339 e. The fraction of sp³-hybridized carbons (Fsp3) is 0.222. The zero-order valence-corrected chi connectivity index (χ0v) is 17.2. The Kier molecular flexibility index (Phi) is 7.12. The largest absolute Gasteiger partial charge is 0.339 e. The molecule has 0 saturated carbocycles. The van der Waals surface area contributed by atoms with E-state index in [0.717, 1.165) is 16.8 Å². The maximum atomic E-state index is 12.4. The lowest BCUT2D eigenvalue weighted by Gasteiger charge is -2.28. The summed E-state index contributed by atoms with van der Waals surface area (Å²) in [5.74, 6) is -0.379. The van der Waals surface area contributed by atoms with Crippen molar-refractivity contribution in [2.75, 3.05) is 5.32 Å². The van der Waals surface area contributed by atoms with Crippen molar-refractivity contribution in [3.05, 3.63) is 65.2 Å². The second-order valence-corrected chi connectivity index (χ2v) is 8.56. The van der Waals surface area contributed by atoms with Crippen LogP contribution < -0.4 is 16.0 Å². The van der Waals surface area contributed by atoms with Crippen molar-refractivity contribution < 1.29 is 4.79 Å². The van der Waals surface area contributed by atoms with E-state index < -0.39 is 9.96 Å². The van der Waals surface area contributed by atoms with Gasteiger partial charge in [-0.25, -0.2) is 0 Å². The molecule has 0 spiro atoms. The fourth-order valence-corrected chi connectivity index (χ4v) is 2.78. The minimum atomic E-state index is -1.81. The molecule has 2 rings (SSSR count). The predicted octanol–water partition coefficient (Wildman–Crippen LogP) is 4.72. The summed E-state index contributed by atoms with van der Waals surface area (Å²) < 4.78 is -1.81. The topological polar surface area (TPSA) is 53.2 Å². The Labute approximate surface area is 173 Å². The van der Waals surface area contributed by atoms with Crippen LogP contribution in [-0.4, -0.2) is 21.0 Å². The number of carbonyl (C=O) groups excluding carboxylic acids is 1. The number of halogens is 3. The Morgan fingerprint density at radius 2 is 1.62 bits per heavy atom. The van der Waals surface area contributed by atoms with Gasteiger partial charge in [-0.2, -0.15) is 0 Å². The number of alkyl halides is 3. The summed E-state index contributed by atoms with van der Waals surface area (Å²) in [6.07, 6.45) is -1.02. The van der Waals surface area contributed by atoms with Crippen molar-refractivity contribution in [2.45, 2.75) is 23.8 Å². The molecule has 0 aliphatic carbocycles. The molecule has 1 amide bonds. The molecule has 0 aromatic heterocycles. The summed E-state index contributed by atoms with van der Waals surface area (Å²) in [4.78, 5) is 12.4. The number of amides is 1. The molecule has 138 valence electrons. The molecule has 4 nitrogen and oxygen atoms in total. The van der Waals surface area contributed by atoms with Crippen molar-refractivity contribution >= 4 is 63.7 Å². The number of rotatable bonds is 4. The zero-order chi connectivity index (χ0) is 19.3. The van der Waals surface area contributed by atoms with Gasteiger partial charge in [0, 0.05) is 11.3 Å². The first-order valence-electron chi connectivity index (χ1n) is 7.73. The standard InChI is InChI=1S/C18H18Cl3N3OS/c1-11-5-3-7-13(9-11)15(25)23-16(18(19,20)21)24-17(26)22-14-8-4-6-12(2)10-14/h3-10,16H,1-2H3,(H,23,25)(H2,22,24,26)/t16-/m1/s1. The van der Waals surface area contributed by atoms with Crippen molar-refractivity contribution in [3.63, 3.8) is 0 Å². The number of hydrogen-bond donors (Lipinski definition) is 3. The van der Waals surface area contributed by atoms with E-state index in [0.29, 0.717) is 5.56 Å². The molecule has 2 aromatic carbocycles. The highest BCUT2D eigenvalue weighted by atomic mass is 35.6. The van der Waals surface area contributed by atoms with E-state index in [9.17, 15) is 4.79 Å². The van der Waals surface area contributed by atoms with Crippen LogP contribution in [0, 0.1) is 13.8 Å². The van der Waals surface area contributed by atoms with Crippen LogP contribution in [0.1, 0.15) is 21.5 Å². The average Bonchev–Trinajstić information content (AvgIpc) is 2.53. The number of thiocarbonyl (C=S) groups is 1. The summed E-state index contributed by atoms with van der Waals surface area (Å²) in [7, 11) is 0. The van der Waals surface area contributed by atoms with Crippen LogP contribution in [0.5, 0.6) is 0 Å². The fourth-order valence-electron chi connectivity index (χ4n) is 2.22. The van der Waals surface area contributed by atoms with Crippen molar-refractivity contribution in [1.82, 2.24) is 10.6 Å². The van der Waals surface area contributed by atoms with Gasteiger partial charge in [-0.3, -0.25) is 4.79 Å². The third kappa shape index (κ3) is 6.32. The van der Waals surface area contributed by atoms with Crippen molar-refractivity contribution in [2.24, 2.45) is 0 Å². The Bertz CT molecular complexity index is 808. The SMILES string of the molecule is Cc1cccc(NC(=S)N[C@@H](NC(=O)c2cccc(C)c2)C(Cl)(Cl)Cl)c1. The third-order valence-corrected chi connectivity index (χ3v) is 4.31. The van der Waals surface area contributed by atoms with E-state index in [1.54, 1.807) is 18.2 Å². The van der Waals surface area contributed by atoms with E-state index in [-0.39, 0.29) is 11.0 Å². The van der Waals surface area contributed by atoms with Gasteiger partial charge in [0.2, 0.25) is 3.79 Å². The van der Waals surface area contributed by atoms with Gasteiger partial charge in [0.15, 0.2) is 5.11 Å². The van der Waals surface area contributed by atoms with E-state index in [4.69, 9.17) is 47.0 Å². The summed E-state index contributed by atoms with van der Waals surface area (Å²) in [6, 6.07) is 14.7. The minimum absolute atomic E-state index is 0.219. The monoisotopic (exact) mass is 429 g/mol. The number of hydrogen-bond acceptors (Lipinski definition) is 2. The van der Waals surface area contributed by atoms with Crippen LogP contribution >= 0.6 is 47.0 Å². The first-order valence-corrected chi connectivity index (χ1v) is 9.28. The average molecular weight is 431 g/mol. The Morgan fingerprint density at radius 1 is 1.00 bits per heavy atom. The van der Waals surface area contributed by atoms with Gasteiger partial charge in [-0.15, -0.1) is 0 Å². The maximum absolute atomic E-state index is 12.4. The number of aryl methyl sites for hydroxylation is 2. The van der Waals surface area contributed by atoms with E-state index in [1.165, 1.54) is 0 Å². The van der Waals surface area contributed by atoms with Gasteiger partial charge < -0.3 is 16.0 Å². The lowest BCUT2D eigenvalue weighted by Crippen LogP contribution is -2.56. The van der Waals surface area contributed by atoms with Crippen LogP contribution in [0.25, 0.3) is 0 Å². The molecule has 8 heteroatoms. The van der Waals surface area contributed by atoms with Gasteiger partial charge >= 0.3 is 0 Å². The third-order valence-electron chi connectivity index (χ3n) is 3.43. The molecule has 1 atom stereocenters. The number of anilines is 1. The molecule has 0 aliphatic rings. The van der Waals surface area contributed by atoms with Crippen molar-refractivity contribution in [3.8, 4) is 0 Å². The Morgan fingerprint density at radius 3 is 2.19 bits per heavy atom. The van der Waals surface area contributed by atoms with Gasteiger partial charge in [-0.1, -0.05) is 64.6 Å². The summed E-state index contributed by atoms with van der Waals surface area (Å²) >= 11 is 23.3. The second-order valence-electron chi connectivity index (χ2n) is 5.79. The zero-order valence-electron chi connectivity index (χ0n) is 14.1. The Balaban J connectivity index is 2.07. The van der Waals surface area contributed by atoms with Gasteiger partial charge in [-0.05, 0) is 55.9 Å². The molecule has 3 N–H and O–H groups in total. The smallest absolute Gasteiger partial charge is 0.252 e. The molecule has 2 aromatic rings. The predicted molar refractivity (Wildman–Crippen MR) is 113 cm³/mol. The van der Waals surface area contributed by atoms with E-state index >= 15 is 0 Å². The van der Waals surface area contributed by atoms with Gasteiger partial charge in [0.05, 0.1) is 0 Å². The lowest BCUT2D eigenvalue weighted by molar-refractivity contribution is 0.0934. The molecule has 0 aliphatic heterocycles. The second kappa shape index (κ2) is 8.91. The molecule has 26 heavy (non-hydrogen) atoms. The van der Waals surface area contributed by atoms with Gasteiger partial charge in [0.25, 0.3) is 5.91 Å². The first kappa shape index (κ1) is 20.8. The quantitative estimate of drug-likeness (QED) is 0.373. The molecular formula is C18H18Cl3N3OS. The highest BCUT2D eigenvalue weighted by molar-refractivity contribution is 7.80. The highest BCUT2D eigenvalue weighted by Gasteiger charge is 2.34. The highest BCUT2D eigenvalue weighted by Crippen LogP contribution is 2.29. The summed E-state index contributed by atoms with van der Waals surface area (Å²) in [5.41, 5.74) is 3.27. The van der Waals surface area contributed by atoms with Crippen LogP contribution in [0.3, 0.4) is 0 Å². The molecule has 0 radical (unpaired) electrons. The van der Waals surface area contributed by atoms with Crippen LogP contribution in [0.4, 0.5) is 5.69 Å². The first-order chi connectivity index (χ1) is 12.1. The van der Waals surface area contributed by atoms with Crippen LogP contribution in [0.15, 0.2) is 48.5 Å². The normalized spacial score (nSPS) is 12.2. The van der Waals surface area contributed by atoms with Crippen LogP contribution in [-0.2, 0) is 0 Å². The van der Waals surface area contributed by atoms with Gasteiger partial charge in [0.1, 0.15) is 6.17 Å². The molecule has 0 heterocycles.